The van der Waals surface area contributed by atoms with E-state index in [1.807, 2.05) is 25.1 Å². The van der Waals surface area contributed by atoms with Gasteiger partial charge in [-0.25, -0.2) is 9.37 Å². The number of hydrogen-bond donors (Lipinski definition) is 2. The average molecular weight is 462 g/mol. The van der Waals surface area contributed by atoms with Gasteiger partial charge in [0.25, 0.3) is 0 Å². The second-order valence-electron chi connectivity index (χ2n) is 8.28. The number of halogens is 3. The molecule has 3 heterocycles. The van der Waals surface area contributed by atoms with Gasteiger partial charge in [-0.1, -0.05) is 35.3 Å². The summed E-state index contributed by atoms with van der Waals surface area (Å²) in [6, 6.07) is 9.36. The number of anilines is 2. The van der Waals surface area contributed by atoms with Crippen molar-refractivity contribution in [1.29, 1.82) is 0 Å². The molecule has 1 fully saturated rings. The molecule has 164 valence electrons. The molecular weight excluding hydrogens is 436 g/mol. The highest BCUT2D eigenvalue weighted by Gasteiger charge is 2.23. The van der Waals surface area contributed by atoms with Gasteiger partial charge < -0.3 is 5.32 Å². The average Bonchev–Trinajstić information content (AvgIpc) is 3.15. The molecule has 5 nitrogen and oxygen atoms in total. The lowest BCUT2D eigenvalue weighted by molar-refractivity contribution is 0.176. The maximum Gasteiger partial charge on any atom is 0.153 e. The van der Waals surface area contributed by atoms with Gasteiger partial charge in [-0.2, -0.15) is 5.10 Å². The van der Waals surface area contributed by atoms with Crippen LogP contribution >= 0.6 is 23.2 Å². The van der Waals surface area contributed by atoms with Crippen molar-refractivity contribution >= 4 is 34.8 Å². The maximum atomic E-state index is 14.8. The maximum absolute atomic E-state index is 14.8. The number of hydrogen-bond acceptors (Lipinski definition) is 4. The van der Waals surface area contributed by atoms with E-state index in [-0.39, 0.29) is 5.82 Å². The molecule has 2 aromatic heterocycles. The highest BCUT2D eigenvalue weighted by Crippen LogP contribution is 2.29. The zero-order valence-electron chi connectivity index (χ0n) is 17.7. The summed E-state index contributed by atoms with van der Waals surface area (Å²) in [6.07, 6.45) is 2.62. The topological polar surface area (TPSA) is 56.8 Å². The standard InChI is InChI=1S/C23H26Cl2FN5/c1-14-10-20(28-21-11-15(2)29-30-21)27-19(23(14)26)12-16-6-8-31(9-7-16)13-17-4-3-5-18(24)22(17)25/h3-5,10-11,16H,6-9,12-13H2,1-2H3,(H2,27,28,29,30). The number of aryl methyl sites for hydroxylation is 2. The van der Waals surface area contributed by atoms with E-state index >= 15 is 0 Å². The fourth-order valence-electron chi connectivity index (χ4n) is 4.07. The minimum Gasteiger partial charge on any atom is -0.323 e. The van der Waals surface area contributed by atoms with Gasteiger partial charge >= 0.3 is 0 Å². The zero-order chi connectivity index (χ0) is 22.0. The smallest absolute Gasteiger partial charge is 0.153 e. The van der Waals surface area contributed by atoms with Crippen LogP contribution in [0.2, 0.25) is 10.0 Å². The molecule has 2 N–H and O–H groups in total. The largest absolute Gasteiger partial charge is 0.323 e. The highest BCUT2D eigenvalue weighted by molar-refractivity contribution is 6.42. The highest BCUT2D eigenvalue weighted by atomic mass is 35.5. The molecule has 0 unspecified atom stereocenters. The minimum atomic E-state index is -0.211. The molecule has 0 amide bonds. The monoisotopic (exact) mass is 461 g/mol. The van der Waals surface area contributed by atoms with Crippen molar-refractivity contribution in [3.8, 4) is 0 Å². The molecule has 8 heteroatoms. The van der Waals surface area contributed by atoms with E-state index in [0.717, 1.165) is 43.7 Å². The van der Waals surface area contributed by atoms with Gasteiger partial charge in [0.05, 0.1) is 15.7 Å². The Bertz CT molecular complexity index is 1060. The van der Waals surface area contributed by atoms with Gasteiger partial charge in [0.15, 0.2) is 5.82 Å². The van der Waals surface area contributed by atoms with Crippen molar-refractivity contribution in [3.63, 3.8) is 0 Å². The number of likely N-dealkylation sites (tertiary alicyclic amines) is 1. The zero-order valence-corrected chi connectivity index (χ0v) is 19.2. The lowest BCUT2D eigenvalue weighted by Crippen LogP contribution is -2.34. The SMILES string of the molecule is Cc1cc(Nc2cc(C)c(F)c(CC3CCN(Cc4cccc(Cl)c4Cl)CC3)n2)n[nH]1. The van der Waals surface area contributed by atoms with E-state index in [9.17, 15) is 4.39 Å². The van der Waals surface area contributed by atoms with Gasteiger partial charge in [0, 0.05) is 18.3 Å². The Morgan fingerprint density at radius 2 is 1.94 bits per heavy atom. The van der Waals surface area contributed by atoms with Crippen molar-refractivity contribution in [1.82, 2.24) is 20.1 Å². The van der Waals surface area contributed by atoms with Crippen molar-refractivity contribution < 1.29 is 4.39 Å². The van der Waals surface area contributed by atoms with E-state index in [1.165, 1.54) is 0 Å². The summed E-state index contributed by atoms with van der Waals surface area (Å²) >= 11 is 12.5. The number of pyridine rings is 1. The normalized spacial score (nSPS) is 15.4. The molecule has 0 spiro atoms. The molecule has 1 aromatic carbocycles. The summed E-state index contributed by atoms with van der Waals surface area (Å²) in [5.74, 6) is 1.48. The Labute approximate surface area is 192 Å². The Balaban J connectivity index is 1.38. The van der Waals surface area contributed by atoms with Crippen LogP contribution in [0.5, 0.6) is 0 Å². The fraction of sp³-hybridized carbons (Fsp3) is 0.391. The molecule has 1 aliphatic rings. The van der Waals surface area contributed by atoms with E-state index in [2.05, 4.69) is 25.4 Å². The molecule has 0 atom stereocenters. The van der Waals surface area contributed by atoms with Crippen molar-refractivity contribution in [2.24, 2.45) is 5.92 Å². The van der Waals surface area contributed by atoms with E-state index < -0.39 is 0 Å². The predicted octanol–water partition coefficient (Wildman–Crippen LogP) is 6.07. The number of H-pyrrole nitrogens is 1. The van der Waals surface area contributed by atoms with E-state index in [1.54, 1.807) is 19.1 Å². The molecule has 3 aromatic rings. The summed E-state index contributed by atoms with van der Waals surface area (Å²) in [5.41, 5.74) is 3.11. The fourth-order valence-corrected chi connectivity index (χ4v) is 4.45. The Morgan fingerprint density at radius 1 is 1.16 bits per heavy atom. The number of piperidine rings is 1. The molecule has 0 saturated carbocycles. The quantitative estimate of drug-likeness (QED) is 0.467. The number of nitrogens with one attached hydrogen (secondary N) is 2. The van der Waals surface area contributed by atoms with Gasteiger partial charge in [0.2, 0.25) is 0 Å². The number of aromatic amines is 1. The molecule has 0 aliphatic carbocycles. The van der Waals surface area contributed by atoms with Crippen molar-refractivity contribution in [3.05, 3.63) is 68.7 Å². The summed E-state index contributed by atoms with van der Waals surface area (Å²) < 4.78 is 14.8. The third kappa shape index (κ3) is 5.37. The summed E-state index contributed by atoms with van der Waals surface area (Å²) in [4.78, 5) is 6.93. The third-order valence-electron chi connectivity index (χ3n) is 5.78. The van der Waals surface area contributed by atoms with Crippen LogP contribution in [0.25, 0.3) is 0 Å². The van der Waals surface area contributed by atoms with Crippen LogP contribution in [-0.2, 0) is 13.0 Å². The lowest BCUT2D eigenvalue weighted by Gasteiger charge is -2.32. The van der Waals surface area contributed by atoms with E-state index in [0.29, 0.717) is 45.3 Å². The lowest BCUT2D eigenvalue weighted by atomic mass is 9.91. The molecule has 31 heavy (non-hydrogen) atoms. The van der Waals surface area contributed by atoms with Crippen LogP contribution in [0.1, 0.15) is 35.4 Å². The minimum absolute atomic E-state index is 0.211. The van der Waals surface area contributed by atoms with Crippen LogP contribution in [0.3, 0.4) is 0 Å². The predicted molar refractivity (Wildman–Crippen MR) is 124 cm³/mol. The Hall–Kier alpha value is -2.15. The number of rotatable bonds is 6. The second kappa shape index (κ2) is 9.55. The first-order valence-electron chi connectivity index (χ1n) is 10.5. The van der Waals surface area contributed by atoms with Crippen molar-refractivity contribution in [2.75, 3.05) is 18.4 Å². The van der Waals surface area contributed by atoms with Gasteiger partial charge in [-0.3, -0.25) is 10.00 Å². The van der Waals surface area contributed by atoms with Crippen LogP contribution in [0, 0.1) is 25.6 Å². The van der Waals surface area contributed by atoms with Gasteiger partial charge in [-0.15, -0.1) is 0 Å². The van der Waals surface area contributed by atoms with Crippen LogP contribution in [0.4, 0.5) is 16.0 Å². The Morgan fingerprint density at radius 3 is 2.65 bits per heavy atom. The van der Waals surface area contributed by atoms with Crippen LogP contribution < -0.4 is 5.32 Å². The summed E-state index contributed by atoms with van der Waals surface area (Å²) in [5, 5.41) is 11.4. The number of benzene rings is 1. The van der Waals surface area contributed by atoms with Crippen molar-refractivity contribution in [2.45, 2.75) is 39.7 Å². The van der Waals surface area contributed by atoms with Crippen LogP contribution in [-0.4, -0.2) is 33.2 Å². The Kier molecular flexibility index (Phi) is 6.80. The molecule has 1 saturated heterocycles. The molecule has 0 radical (unpaired) electrons. The van der Waals surface area contributed by atoms with E-state index in [4.69, 9.17) is 23.2 Å². The molecule has 1 aliphatic heterocycles. The van der Waals surface area contributed by atoms with Crippen LogP contribution in [0.15, 0.2) is 30.3 Å². The molecular formula is C23H26Cl2FN5. The van der Waals surface area contributed by atoms with Gasteiger partial charge in [0.1, 0.15) is 11.6 Å². The molecule has 4 rings (SSSR count). The number of aromatic nitrogens is 3. The summed E-state index contributed by atoms with van der Waals surface area (Å²) in [7, 11) is 0. The first-order valence-corrected chi connectivity index (χ1v) is 11.2. The second-order valence-corrected chi connectivity index (χ2v) is 9.07. The third-order valence-corrected chi connectivity index (χ3v) is 6.64. The first-order chi connectivity index (χ1) is 14.9. The summed E-state index contributed by atoms with van der Waals surface area (Å²) in [6.45, 7) is 6.37. The molecule has 0 bridgehead atoms. The number of nitrogens with zero attached hydrogens (tertiary/aromatic N) is 3. The first kappa shape index (κ1) is 22.1. The van der Waals surface area contributed by atoms with Gasteiger partial charge in [-0.05, 0) is 75.4 Å².